The fraction of sp³-hybridized carbons (Fsp3) is 0.294. The topological polar surface area (TPSA) is 81.8 Å². The van der Waals surface area contributed by atoms with Gasteiger partial charge in [0.05, 0.1) is 12.7 Å². The summed E-state index contributed by atoms with van der Waals surface area (Å²) in [4.78, 5) is 0.176. The predicted octanol–water partition coefficient (Wildman–Crippen LogP) is 1.74. The summed E-state index contributed by atoms with van der Waals surface area (Å²) >= 11 is 0. The zero-order valence-electron chi connectivity index (χ0n) is 14.0. The van der Waals surface area contributed by atoms with Crippen molar-refractivity contribution < 1.29 is 8.42 Å². The van der Waals surface area contributed by atoms with Gasteiger partial charge in [0.15, 0.2) is 0 Å². The summed E-state index contributed by atoms with van der Waals surface area (Å²) in [5.41, 5.74) is 1.07. The van der Waals surface area contributed by atoms with E-state index in [1.54, 1.807) is 21.8 Å². The first-order valence-corrected chi connectivity index (χ1v) is 9.55. The van der Waals surface area contributed by atoms with Crippen molar-refractivity contribution in [2.24, 2.45) is 5.92 Å². The molecule has 2 aromatic heterocycles. The zero-order valence-corrected chi connectivity index (χ0v) is 14.8. The summed E-state index contributed by atoms with van der Waals surface area (Å²) < 4.78 is 30.9. The summed E-state index contributed by atoms with van der Waals surface area (Å²) in [6.45, 7) is 3.50. The molecule has 0 spiro atoms. The van der Waals surface area contributed by atoms with E-state index in [0.29, 0.717) is 19.6 Å². The molecule has 0 bridgehead atoms. The van der Waals surface area contributed by atoms with Crippen LogP contribution < -0.4 is 4.72 Å². The highest BCUT2D eigenvalue weighted by Crippen LogP contribution is 2.10. The Bertz CT molecular complexity index is 888. The SMILES string of the molecule is CC(CNS(=O)(=O)c1cnn(Cc2ccccc2)c1)Cn1cccn1. The number of rotatable bonds is 8. The molecule has 2 heterocycles. The van der Waals surface area contributed by atoms with Gasteiger partial charge in [0.25, 0.3) is 0 Å². The van der Waals surface area contributed by atoms with Crippen molar-refractivity contribution in [2.75, 3.05) is 6.54 Å². The Kier molecular flexibility index (Phi) is 5.30. The standard InChI is InChI=1S/C17H21N5O2S/c1-15(12-21-9-5-8-18-21)10-20-25(23,24)17-11-19-22(14-17)13-16-6-3-2-4-7-16/h2-9,11,14-15,20H,10,12-13H2,1H3. The molecule has 0 fully saturated rings. The van der Waals surface area contributed by atoms with Gasteiger partial charge in [-0.1, -0.05) is 37.3 Å². The quantitative estimate of drug-likeness (QED) is 0.664. The minimum atomic E-state index is -3.57. The van der Waals surface area contributed by atoms with E-state index in [0.717, 1.165) is 5.56 Å². The fourth-order valence-corrected chi connectivity index (χ4v) is 3.58. The highest BCUT2D eigenvalue weighted by Gasteiger charge is 2.17. The molecular formula is C17H21N5O2S. The lowest BCUT2D eigenvalue weighted by atomic mass is 10.2. The summed E-state index contributed by atoms with van der Waals surface area (Å²) in [6.07, 6.45) is 6.49. The van der Waals surface area contributed by atoms with Crippen molar-refractivity contribution >= 4 is 10.0 Å². The van der Waals surface area contributed by atoms with Gasteiger partial charge in [-0.2, -0.15) is 10.2 Å². The van der Waals surface area contributed by atoms with Crippen molar-refractivity contribution in [3.8, 4) is 0 Å². The molecular weight excluding hydrogens is 338 g/mol. The smallest absolute Gasteiger partial charge is 0.243 e. The lowest BCUT2D eigenvalue weighted by Crippen LogP contribution is -2.30. The molecule has 1 atom stereocenters. The summed E-state index contributed by atoms with van der Waals surface area (Å²) in [6, 6.07) is 11.6. The van der Waals surface area contributed by atoms with E-state index in [9.17, 15) is 8.42 Å². The van der Waals surface area contributed by atoms with E-state index in [4.69, 9.17) is 0 Å². The molecule has 0 saturated heterocycles. The van der Waals surface area contributed by atoms with E-state index >= 15 is 0 Å². The van der Waals surface area contributed by atoms with Gasteiger partial charge >= 0.3 is 0 Å². The average Bonchev–Trinajstić information content (AvgIpc) is 3.26. The van der Waals surface area contributed by atoms with Crippen LogP contribution in [0.25, 0.3) is 0 Å². The van der Waals surface area contributed by atoms with Gasteiger partial charge in [-0.25, -0.2) is 13.1 Å². The van der Waals surface area contributed by atoms with Crippen LogP contribution >= 0.6 is 0 Å². The molecule has 1 unspecified atom stereocenters. The summed E-state index contributed by atoms with van der Waals surface area (Å²) in [7, 11) is -3.57. The molecule has 1 aromatic carbocycles. The second-order valence-corrected chi connectivity index (χ2v) is 7.81. The number of sulfonamides is 1. The molecule has 3 rings (SSSR count). The van der Waals surface area contributed by atoms with Crippen LogP contribution in [0.4, 0.5) is 0 Å². The maximum atomic E-state index is 12.4. The van der Waals surface area contributed by atoms with Crippen LogP contribution in [0.1, 0.15) is 12.5 Å². The molecule has 8 heteroatoms. The van der Waals surface area contributed by atoms with Crippen molar-refractivity contribution in [3.05, 3.63) is 66.7 Å². The maximum Gasteiger partial charge on any atom is 0.243 e. The first-order chi connectivity index (χ1) is 12.0. The van der Waals surface area contributed by atoms with Gasteiger partial charge in [-0.15, -0.1) is 0 Å². The van der Waals surface area contributed by atoms with Gasteiger partial charge < -0.3 is 0 Å². The zero-order chi connectivity index (χ0) is 17.7. The molecule has 7 nitrogen and oxygen atoms in total. The van der Waals surface area contributed by atoms with Gasteiger partial charge in [-0.05, 0) is 17.5 Å². The van der Waals surface area contributed by atoms with Crippen LogP contribution in [0.3, 0.4) is 0 Å². The molecule has 0 amide bonds. The predicted molar refractivity (Wildman–Crippen MR) is 94.4 cm³/mol. The normalized spacial score (nSPS) is 13.0. The Morgan fingerprint density at radius 3 is 2.64 bits per heavy atom. The Labute approximate surface area is 147 Å². The third-order valence-electron chi connectivity index (χ3n) is 3.79. The van der Waals surface area contributed by atoms with E-state index in [2.05, 4.69) is 14.9 Å². The van der Waals surface area contributed by atoms with Crippen molar-refractivity contribution in [2.45, 2.75) is 24.9 Å². The Morgan fingerprint density at radius 2 is 1.92 bits per heavy atom. The third kappa shape index (κ3) is 4.77. The Balaban J connectivity index is 1.58. The molecule has 1 N–H and O–H groups in total. The number of aromatic nitrogens is 4. The van der Waals surface area contributed by atoms with Gasteiger partial charge in [0.2, 0.25) is 10.0 Å². The van der Waals surface area contributed by atoms with Crippen LogP contribution in [-0.2, 0) is 23.1 Å². The lowest BCUT2D eigenvalue weighted by Gasteiger charge is -2.12. The van der Waals surface area contributed by atoms with Gasteiger partial charge in [0.1, 0.15) is 4.90 Å². The first kappa shape index (κ1) is 17.4. The summed E-state index contributed by atoms with van der Waals surface area (Å²) in [5, 5.41) is 8.28. The molecule has 25 heavy (non-hydrogen) atoms. The summed E-state index contributed by atoms with van der Waals surface area (Å²) in [5.74, 6) is 0.119. The minimum Gasteiger partial charge on any atom is -0.272 e. The Hall–Kier alpha value is -2.45. The van der Waals surface area contributed by atoms with Crippen LogP contribution in [0.15, 0.2) is 66.1 Å². The third-order valence-corrected chi connectivity index (χ3v) is 5.17. The number of nitrogens with zero attached hydrogens (tertiary/aromatic N) is 4. The molecule has 0 saturated carbocycles. The molecule has 0 aliphatic carbocycles. The average molecular weight is 359 g/mol. The first-order valence-electron chi connectivity index (χ1n) is 8.06. The monoisotopic (exact) mass is 359 g/mol. The second-order valence-electron chi connectivity index (χ2n) is 6.04. The second kappa shape index (κ2) is 7.62. The van der Waals surface area contributed by atoms with E-state index in [1.807, 2.05) is 49.5 Å². The maximum absolute atomic E-state index is 12.4. The number of nitrogens with one attached hydrogen (secondary N) is 1. The van der Waals surface area contributed by atoms with Crippen LogP contribution in [0.2, 0.25) is 0 Å². The van der Waals surface area contributed by atoms with E-state index < -0.39 is 10.0 Å². The molecule has 0 radical (unpaired) electrons. The van der Waals surface area contributed by atoms with Gasteiger partial charge in [0, 0.05) is 31.7 Å². The molecule has 0 aliphatic rings. The van der Waals surface area contributed by atoms with Crippen LogP contribution in [0.5, 0.6) is 0 Å². The van der Waals surface area contributed by atoms with Crippen LogP contribution in [0, 0.1) is 5.92 Å². The highest BCUT2D eigenvalue weighted by atomic mass is 32.2. The van der Waals surface area contributed by atoms with Crippen molar-refractivity contribution in [1.29, 1.82) is 0 Å². The van der Waals surface area contributed by atoms with E-state index in [-0.39, 0.29) is 10.8 Å². The Morgan fingerprint density at radius 1 is 1.12 bits per heavy atom. The number of hydrogen-bond donors (Lipinski definition) is 1. The van der Waals surface area contributed by atoms with Crippen molar-refractivity contribution in [1.82, 2.24) is 24.3 Å². The number of hydrogen-bond acceptors (Lipinski definition) is 4. The minimum absolute atomic E-state index is 0.119. The lowest BCUT2D eigenvalue weighted by molar-refractivity contribution is 0.443. The largest absolute Gasteiger partial charge is 0.272 e. The van der Waals surface area contributed by atoms with Gasteiger partial charge in [-0.3, -0.25) is 9.36 Å². The molecule has 3 aromatic rings. The highest BCUT2D eigenvalue weighted by molar-refractivity contribution is 7.89. The molecule has 0 aliphatic heterocycles. The molecule has 132 valence electrons. The van der Waals surface area contributed by atoms with Crippen molar-refractivity contribution in [3.63, 3.8) is 0 Å². The van der Waals surface area contributed by atoms with Crippen LogP contribution in [-0.4, -0.2) is 34.5 Å². The van der Waals surface area contributed by atoms with E-state index in [1.165, 1.54) is 6.20 Å². The number of benzene rings is 1. The fourth-order valence-electron chi connectivity index (χ4n) is 2.47.